The Hall–Kier alpha value is -2.09. The summed E-state index contributed by atoms with van der Waals surface area (Å²) >= 11 is 0. The van der Waals surface area contributed by atoms with Crippen molar-refractivity contribution in [3.05, 3.63) is 65.7 Å². The van der Waals surface area contributed by atoms with E-state index in [1.807, 2.05) is 35.2 Å². The van der Waals surface area contributed by atoms with Crippen molar-refractivity contribution in [1.29, 1.82) is 0 Å². The largest absolute Gasteiger partial charge is 0.347 e. The van der Waals surface area contributed by atoms with E-state index in [1.165, 1.54) is 5.56 Å². The maximum atomic E-state index is 12.3. The molecule has 0 spiro atoms. The number of aryl methyl sites for hydroxylation is 1. The molecule has 0 aromatic heterocycles. The van der Waals surface area contributed by atoms with Gasteiger partial charge in [-0.2, -0.15) is 0 Å². The Kier molecular flexibility index (Phi) is 8.57. The van der Waals surface area contributed by atoms with E-state index >= 15 is 0 Å². The minimum Gasteiger partial charge on any atom is -0.347 e. The van der Waals surface area contributed by atoms with Crippen molar-refractivity contribution in [3.8, 4) is 0 Å². The summed E-state index contributed by atoms with van der Waals surface area (Å²) in [6, 6.07) is 18.2. The summed E-state index contributed by atoms with van der Waals surface area (Å²) in [7, 11) is 0. The molecule has 1 aliphatic rings. The summed E-state index contributed by atoms with van der Waals surface area (Å²) in [6.45, 7) is 4.61. The van der Waals surface area contributed by atoms with Crippen molar-refractivity contribution in [3.63, 3.8) is 0 Å². The number of para-hydroxylation sites is 1. The molecular formula is C21H27IN4O. The van der Waals surface area contributed by atoms with Gasteiger partial charge in [-0.1, -0.05) is 48.0 Å². The molecule has 1 fully saturated rings. The molecule has 3 rings (SSSR count). The van der Waals surface area contributed by atoms with E-state index in [9.17, 15) is 4.79 Å². The molecule has 144 valence electrons. The molecule has 27 heavy (non-hydrogen) atoms. The average Bonchev–Trinajstić information content (AvgIpc) is 3.21. The summed E-state index contributed by atoms with van der Waals surface area (Å²) < 4.78 is 0. The first kappa shape index (κ1) is 21.2. The zero-order valence-corrected chi connectivity index (χ0v) is 18.0. The fraction of sp³-hybridized carbons (Fsp3) is 0.333. The fourth-order valence-corrected chi connectivity index (χ4v) is 2.90. The first-order valence-corrected chi connectivity index (χ1v) is 9.14. The molecule has 1 aliphatic heterocycles. The van der Waals surface area contributed by atoms with Crippen LogP contribution >= 0.6 is 24.0 Å². The summed E-state index contributed by atoms with van der Waals surface area (Å²) in [5, 5.41) is 6.45. The quantitative estimate of drug-likeness (QED) is 0.391. The van der Waals surface area contributed by atoms with Gasteiger partial charge in [0.2, 0.25) is 5.91 Å². The second-order valence-corrected chi connectivity index (χ2v) is 6.58. The van der Waals surface area contributed by atoms with Gasteiger partial charge < -0.3 is 15.5 Å². The third-order valence-electron chi connectivity index (χ3n) is 4.44. The molecule has 0 unspecified atom stereocenters. The van der Waals surface area contributed by atoms with Crippen LogP contribution in [0.1, 0.15) is 24.0 Å². The van der Waals surface area contributed by atoms with Gasteiger partial charge in [0.25, 0.3) is 0 Å². The number of nitrogens with one attached hydrogen (secondary N) is 2. The number of aliphatic imine (C=N–C) groups is 1. The highest BCUT2D eigenvalue weighted by atomic mass is 127. The molecule has 5 nitrogen and oxygen atoms in total. The van der Waals surface area contributed by atoms with Crippen LogP contribution in [0.3, 0.4) is 0 Å². The molecule has 2 aromatic rings. The van der Waals surface area contributed by atoms with Gasteiger partial charge in [-0.05, 0) is 37.5 Å². The standard InChI is InChI=1S/C21H26N4O.HI/c1-17-9-11-18(12-10-17)15-22-21(24-19-7-3-2-4-8-19)23-16-20(26)25-13-5-6-14-25;/h2-4,7-12H,5-6,13-16H2,1H3,(H2,22,23,24);1H. The minimum atomic E-state index is 0. The molecule has 2 N–H and O–H groups in total. The number of guanidine groups is 1. The number of rotatable bonds is 5. The van der Waals surface area contributed by atoms with Crippen LogP contribution in [-0.2, 0) is 11.3 Å². The smallest absolute Gasteiger partial charge is 0.241 e. The SMILES string of the molecule is Cc1ccc(CN=C(NCC(=O)N2CCCC2)Nc2ccccc2)cc1.I. The van der Waals surface area contributed by atoms with Gasteiger partial charge in [0.15, 0.2) is 5.96 Å². The van der Waals surface area contributed by atoms with Crippen molar-refractivity contribution in [2.24, 2.45) is 4.99 Å². The molecule has 0 atom stereocenters. The topological polar surface area (TPSA) is 56.7 Å². The predicted molar refractivity (Wildman–Crippen MR) is 122 cm³/mol. The Bertz CT molecular complexity index is 741. The van der Waals surface area contributed by atoms with E-state index in [-0.39, 0.29) is 36.4 Å². The van der Waals surface area contributed by atoms with Crippen molar-refractivity contribution in [2.75, 3.05) is 25.0 Å². The van der Waals surface area contributed by atoms with Crippen LogP contribution in [0, 0.1) is 6.92 Å². The number of likely N-dealkylation sites (tertiary alicyclic amines) is 1. The fourth-order valence-electron chi connectivity index (χ4n) is 2.90. The van der Waals surface area contributed by atoms with Crippen LogP contribution in [0.15, 0.2) is 59.6 Å². The van der Waals surface area contributed by atoms with Crippen LogP contribution in [0.2, 0.25) is 0 Å². The number of hydrogen-bond donors (Lipinski definition) is 2. The van der Waals surface area contributed by atoms with Crippen LogP contribution < -0.4 is 10.6 Å². The lowest BCUT2D eigenvalue weighted by Gasteiger charge is -2.17. The number of carbonyl (C=O) groups is 1. The Labute approximate surface area is 178 Å². The van der Waals surface area contributed by atoms with Gasteiger partial charge in [0.1, 0.15) is 0 Å². The normalized spacial score (nSPS) is 13.8. The van der Waals surface area contributed by atoms with Crippen molar-refractivity contribution >= 4 is 41.5 Å². The zero-order valence-electron chi connectivity index (χ0n) is 15.6. The Morgan fingerprint density at radius 1 is 1.04 bits per heavy atom. The molecule has 6 heteroatoms. The molecular weight excluding hydrogens is 451 g/mol. The molecule has 1 heterocycles. The molecule has 1 amide bonds. The Morgan fingerprint density at radius 3 is 2.37 bits per heavy atom. The molecule has 0 bridgehead atoms. The van der Waals surface area contributed by atoms with Gasteiger partial charge in [-0.3, -0.25) is 4.79 Å². The Morgan fingerprint density at radius 2 is 1.70 bits per heavy atom. The van der Waals surface area contributed by atoms with Gasteiger partial charge in [0.05, 0.1) is 13.1 Å². The van der Waals surface area contributed by atoms with Gasteiger partial charge in [-0.25, -0.2) is 4.99 Å². The third kappa shape index (κ3) is 6.86. The number of hydrogen-bond acceptors (Lipinski definition) is 2. The molecule has 0 saturated carbocycles. The van der Waals surface area contributed by atoms with Crippen LogP contribution in [0.25, 0.3) is 0 Å². The number of nitrogens with zero attached hydrogens (tertiary/aromatic N) is 2. The number of carbonyl (C=O) groups excluding carboxylic acids is 1. The number of halogens is 1. The van der Waals surface area contributed by atoms with E-state index in [4.69, 9.17) is 0 Å². The van der Waals surface area contributed by atoms with E-state index in [0.717, 1.165) is 37.2 Å². The second kappa shape index (κ2) is 10.9. The highest BCUT2D eigenvalue weighted by Gasteiger charge is 2.17. The lowest BCUT2D eigenvalue weighted by molar-refractivity contribution is -0.128. The van der Waals surface area contributed by atoms with Gasteiger partial charge in [0, 0.05) is 18.8 Å². The van der Waals surface area contributed by atoms with Crippen LogP contribution in [0.5, 0.6) is 0 Å². The highest BCUT2D eigenvalue weighted by molar-refractivity contribution is 14.0. The highest BCUT2D eigenvalue weighted by Crippen LogP contribution is 2.08. The number of anilines is 1. The minimum absolute atomic E-state index is 0. The van der Waals surface area contributed by atoms with Crippen molar-refractivity contribution in [1.82, 2.24) is 10.2 Å². The maximum Gasteiger partial charge on any atom is 0.241 e. The third-order valence-corrected chi connectivity index (χ3v) is 4.44. The molecule has 0 radical (unpaired) electrons. The first-order valence-electron chi connectivity index (χ1n) is 9.14. The molecule has 2 aromatic carbocycles. The van der Waals surface area contributed by atoms with E-state index in [2.05, 4.69) is 46.8 Å². The van der Waals surface area contributed by atoms with E-state index < -0.39 is 0 Å². The average molecular weight is 478 g/mol. The van der Waals surface area contributed by atoms with Crippen LogP contribution in [0.4, 0.5) is 5.69 Å². The van der Waals surface area contributed by atoms with Gasteiger partial charge in [-0.15, -0.1) is 24.0 Å². The van der Waals surface area contributed by atoms with E-state index in [0.29, 0.717) is 12.5 Å². The first-order chi connectivity index (χ1) is 12.7. The molecule has 0 aliphatic carbocycles. The summed E-state index contributed by atoms with van der Waals surface area (Å²) in [6.07, 6.45) is 2.20. The Balaban J connectivity index is 0.00000261. The van der Waals surface area contributed by atoms with E-state index in [1.54, 1.807) is 0 Å². The summed E-state index contributed by atoms with van der Waals surface area (Å²) in [5.74, 6) is 0.740. The number of amides is 1. The zero-order chi connectivity index (χ0) is 18.2. The summed E-state index contributed by atoms with van der Waals surface area (Å²) in [4.78, 5) is 18.8. The van der Waals surface area contributed by atoms with Gasteiger partial charge >= 0.3 is 0 Å². The number of benzene rings is 2. The van der Waals surface area contributed by atoms with Crippen molar-refractivity contribution in [2.45, 2.75) is 26.3 Å². The lowest BCUT2D eigenvalue weighted by Crippen LogP contribution is -2.41. The molecule has 1 saturated heterocycles. The lowest BCUT2D eigenvalue weighted by atomic mass is 10.1. The maximum absolute atomic E-state index is 12.3. The van der Waals surface area contributed by atoms with Crippen molar-refractivity contribution < 1.29 is 4.79 Å². The second-order valence-electron chi connectivity index (χ2n) is 6.58. The predicted octanol–water partition coefficient (Wildman–Crippen LogP) is 3.79. The summed E-state index contributed by atoms with van der Waals surface area (Å²) in [5.41, 5.74) is 3.31. The monoisotopic (exact) mass is 478 g/mol. The van der Waals surface area contributed by atoms with Crippen LogP contribution in [-0.4, -0.2) is 36.4 Å².